The van der Waals surface area contributed by atoms with E-state index in [0.29, 0.717) is 12.1 Å². The van der Waals surface area contributed by atoms with Gasteiger partial charge in [0.05, 0.1) is 22.3 Å². The van der Waals surface area contributed by atoms with Crippen molar-refractivity contribution in [1.82, 2.24) is 0 Å². The zero-order valence-electron chi connectivity index (χ0n) is 22.7. The monoisotopic (exact) mass is 630 g/mol. The number of benzene rings is 2. The van der Waals surface area contributed by atoms with Crippen molar-refractivity contribution >= 4 is 11.6 Å². The molecule has 4 rings (SSSR count). The van der Waals surface area contributed by atoms with Gasteiger partial charge in [-0.25, -0.2) is 26.7 Å². The molecule has 14 heteroatoms. The fraction of sp³-hybridized carbons (Fsp3) is 0.200. The number of aromatic nitrogens is 2. The number of aryl methyl sites for hydroxylation is 4. The van der Waals surface area contributed by atoms with Crippen molar-refractivity contribution in [3.63, 3.8) is 0 Å². The zero-order valence-corrected chi connectivity index (χ0v) is 22.7. The highest BCUT2D eigenvalue weighted by Gasteiger charge is 2.45. The smallest absolute Gasteiger partial charge is 0.284 e. The third kappa shape index (κ3) is 6.06. The minimum Gasteiger partial charge on any atom is -0.284 e. The summed E-state index contributed by atoms with van der Waals surface area (Å²) in [7, 11) is 2.78. The average molecular weight is 630 g/mol. The van der Waals surface area contributed by atoms with Crippen molar-refractivity contribution < 1.29 is 62.6 Å². The number of Topliss-reactive ketones (excluding diaryl/α,β-unsaturated/α-hetero) is 2. The van der Waals surface area contributed by atoms with Gasteiger partial charge in [-0.3, -0.25) is 9.59 Å². The van der Waals surface area contributed by atoms with Crippen LogP contribution in [0.25, 0.3) is 22.5 Å². The number of nitrogens with zero attached hydrogens (tertiary/aromatic N) is 2. The molecule has 0 atom stereocenters. The van der Waals surface area contributed by atoms with Crippen LogP contribution < -0.4 is 9.13 Å². The van der Waals surface area contributed by atoms with Crippen LogP contribution in [0.3, 0.4) is 0 Å². The Morgan fingerprint density at radius 3 is 1.25 bits per heavy atom. The van der Waals surface area contributed by atoms with Gasteiger partial charge < -0.3 is 0 Å². The lowest BCUT2D eigenvalue weighted by molar-refractivity contribution is -0.660. The first-order valence-corrected chi connectivity index (χ1v) is 12.6. The fourth-order valence-electron chi connectivity index (χ4n) is 4.82. The predicted octanol–water partition coefficient (Wildman–Crippen LogP) is 6.50. The summed E-state index contributed by atoms with van der Waals surface area (Å²) >= 11 is 0. The second-order valence-corrected chi connectivity index (χ2v) is 9.71. The Hall–Kier alpha value is -4.62. The van der Waals surface area contributed by atoms with Gasteiger partial charge >= 0.3 is 12.4 Å². The molecule has 4 aromatic rings. The normalized spacial score (nSPS) is 12.0. The van der Waals surface area contributed by atoms with Crippen LogP contribution in [0.15, 0.2) is 60.9 Å². The maximum atomic E-state index is 15.7. The number of rotatable bonds is 7. The largest absolute Gasteiger partial charge is 0.455 e. The van der Waals surface area contributed by atoms with E-state index < -0.39 is 82.3 Å². The topological polar surface area (TPSA) is 41.9 Å². The van der Waals surface area contributed by atoms with E-state index in [-0.39, 0.29) is 22.5 Å². The molecule has 0 unspecified atom stereocenters. The molecule has 0 aliphatic rings. The van der Waals surface area contributed by atoms with Crippen LogP contribution in [0, 0.1) is 23.3 Å². The van der Waals surface area contributed by atoms with E-state index in [1.807, 2.05) is 0 Å². The summed E-state index contributed by atoms with van der Waals surface area (Å²) in [6.45, 7) is 0. The molecule has 0 N–H and O–H groups in total. The Balaban J connectivity index is 1.94. The number of carbonyl (C=O) groups excluding carboxylic acids is 2. The first kappa shape index (κ1) is 32.3. The highest BCUT2D eigenvalue weighted by Crippen LogP contribution is 2.36. The van der Waals surface area contributed by atoms with Crippen LogP contribution in [0.2, 0.25) is 0 Å². The summed E-state index contributed by atoms with van der Waals surface area (Å²) in [5.41, 5.74) is -5.75. The van der Waals surface area contributed by atoms with Crippen LogP contribution in [-0.4, -0.2) is 23.9 Å². The van der Waals surface area contributed by atoms with Gasteiger partial charge in [0.25, 0.3) is 11.6 Å². The van der Waals surface area contributed by atoms with Crippen LogP contribution in [0.1, 0.15) is 31.8 Å². The molecule has 0 aliphatic carbocycles. The Labute approximate surface area is 242 Å². The molecule has 0 radical (unpaired) electrons. The van der Waals surface area contributed by atoms with Gasteiger partial charge in [0, 0.05) is 24.3 Å². The number of ketones is 2. The summed E-state index contributed by atoms with van der Waals surface area (Å²) in [5.74, 6) is -12.9. The van der Waals surface area contributed by atoms with Gasteiger partial charge in [-0.15, -0.1) is 0 Å². The molecular formula is C30H20F10N2O2+2. The van der Waals surface area contributed by atoms with Crippen LogP contribution >= 0.6 is 0 Å². The summed E-state index contributed by atoms with van der Waals surface area (Å²) < 4.78 is 143. The Bertz CT molecular complexity index is 1670. The average Bonchev–Trinajstić information content (AvgIpc) is 2.92. The molecule has 2 aromatic heterocycles. The Morgan fingerprint density at radius 1 is 0.614 bits per heavy atom. The molecule has 0 amide bonds. The summed E-state index contributed by atoms with van der Waals surface area (Å²) in [6, 6.07) is 9.29. The van der Waals surface area contributed by atoms with E-state index in [9.17, 15) is 44.7 Å². The molecular weight excluding hydrogens is 610 g/mol. The predicted molar refractivity (Wildman–Crippen MR) is 134 cm³/mol. The maximum absolute atomic E-state index is 15.7. The lowest BCUT2D eigenvalue weighted by Gasteiger charge is -2.17. The number of pyridine rings is 2. The standard InChI is InChI=1S/C30H20F10N2O2/c1-41-11-5-3-7-19(41)21-15(13-17(31)23(25(21)33)27(43)29(35,36)37)9-10-16-14-18(32)24(28(44)30(38,39)40)26(34)22(16)20-8-4-6-12-42(20)2/h3-8,11-14H,9-10H2,1-2H3/q+2. The second kappa shape index (κ2) is 11.8. The van der Waals surface area contributed by atoms with Gasteiger partial charge in [-0.05, 0) is 48.2 Å². The van der Waals surface area contributed by atoms with Crippen LogP contribution in [-0.2, 0) is 26.9 Å². The molecule has 2 heterocycles. The summed E-state index contributed by atoms with van der Waals surface area (Å²) in [6.07, 6.45) is -9.50. The van der Waals surface area contributed by atoms with E-state index in [0.717, 1.165) is 0 Å². The molecule has 0 fully saturated rings. The maximum Gasteiger partial charge on any atom is 0.455 e. The van der Waals surface area contributed by atoms with Gasteiger partial charge in [-0.2, -0.15) is 26.3 Å². The summed E-state index contributed by atoms with van der Waals surface area (Å²) in [5, 5.41) is 0. The molecule has 0 saturated heterocycles. The van der Waals surface area contributed by atoms with Crippen molar-refractivity contribution in [3.8, 4) is 22.5 Å². The quantitative estimate of drug-likeness (QED) is 0.133. The summed E-state index contributed by atoms with van der Waals surface area (Å²) in [4.78, 5) is 23.9. The molecule has 0 spiro atoms. The Kier molecular flexibility index (Phi) is 8.67. The van der Waals surface area contributed by atoms with Crippen molar-refractivity contribution in [2.24, 2.45) is 14.1 Å². The number of halogens is 10. The molecule has 230 valence electrons. The number of carbonyl (C=O) groups is 2. The molecule has 2 aromatic carbocycles. The molecule has 0 bridgehead atoms. The fourth-order valence-corrected chi connectivity index (χ4v) is 4.82. The van der Waals surface area contributed by atoms with Gasteiger partial charge in [-0.1, -0.05) is 0 Å². The Morgan fingerprint density at radius 2 is 0.955 bits per heavy atom. The molecule has 4 nitrogen and oxygen atoms in total. The lowest BCUT2D eigenvalue weighted by atomic mass is 9.90. The number of hydrogen-bond donors (Lipinski definition) is 0. The van der Waals surface area contributed by atoms with Crippen molar-refractivity contribution in [3.05, 3.63) is 106 Å². The van der Waals surface area contributed by atoms with E-state index in [2.05, 4.69) is 0 Å². The highest BCUT2D eigenvalue weighted by molar-refractivity contribution is 6.02. The number of hydrogen-bond acceptors (Lipinski definition) is 2. The second-order valence-electron chi connectivity index (χ2n) is 9.71. The lowest BCUT2D eigenvalue weighted by Crippen LogP contribution is -2.32. The number of alkyl halides is 6. The van der Waals surface area contributed by atoms with Crippen molar-refractivity contribution in [2.75, 3.05) is 0 Å². The van der Waals surface area contributed by atoms with Crippen LogP contribution in [0.4, 0.5) is 43.9 Å². The SMILES string of the molecule is C[n+]1ccccc1-c1c(CCc2cc(F)c(C(=O)C(F)(F)F)c(F)c2-c2cccc[n+]2C)cc(F)c(C(=O)C(F)(F)F)c1F. The third-order valence-corrected chi connectivity index (χ3v) is 6.85. The third-order valence-electron chi connectivity index (χ3n) is 6.85. The van der Waals surface area contributed by atoms with Crippen LogP contribution in [0.5, 0.6) is 0 Å². The van der Waals surface area contributed by atoms with E-state index >= 15 is 8.78 Å². The van der Waals surface area contributed by atoms with E-state index in [4.69, 9.17) is 0 Å². The first-order valence-electron chi connectivity index (χ1n) is 12.6. The minimum absolute atomic E-state index is 0.0885. The molecule has 44 heavy (non-hydrogen) atoms. The van der Waals surface area contributed by atoms with E-state index in [1.165, 1.54) is 72.0 Å². The zero-order chi connectivity index (χ0) is 32.7. The molecule has 0 aliphatic heterocycles. The highest BCUT2D eigenvalue weighted by atomic mass is 19.4. The first-order chi connectivity index (χ1) is 20.4. The van der Waals surface area contributed by atoms with Crippen molar-refractivity contribution in [1.29, 1.82) is 0 Å². The van der Waals surface area contributed by atoms with E-state index in [1.54, 1.807) is 0 Å². The van der Waals surface area contributed by atoms with Gasteiger partial charge in [0.1, 0.15) is 25.7 Å². The van der Waals surface area contributed by atoms with Gasteiger partial charge in [0.2, 0.25) is 11.4 Å². The minimum atomic E-state index is -5.62. The van der Waals surface area contributed by atoms with Gasteiger partial charge in [0.15, 0.2) is 24.0 Å². The van der Waals surface area contributed by atoms with Crippen molar-refractivity contribution in [2.45, 2.75) is 25.2 Å². The molecule has 0 saturated carbocycles.